The molecule has 0 radical (unpaired) electrons. The predicted molar refractivity (Wildman–Crippen MR) is 81.3 cm³/mol. The number of aromatic nitrogens is 2. The van der Waals surface area contributed by atoms with Crippen molar-refractivity contribution in [2.24, 2.45) is 7.05 Å². The van der Waals surface area contributed by atoms with Crippen LogP contribution in [0, 0.1) is 25.1 Å². The van der Waals surface area contributed by atoms with Gasteiger partial charge in [0.25, 0.3) is 5.56 Å². The van der Waals surface area contributed by atoms with Gasteiger partial charge in [-0.15, -0.1) is 6.42 Å². The monoisotopic (exact) mass is 322 g/mol. The minimum Gasteiger partial charge on any atom is -0.479 e. The van der Waals surface area contributed by atoms with E-state index >= 15 is 0 Å². The molecule has 1 heterocycles. The fourth-order valence-electron chi connectivity index (χ4n) is 1.88. The van der Waals surface area contributed by atoms with Gasteiger partial charge in [-0.05, 0) is 13.0 Å². The fraction of sp³-hybridized carbons (Fsp3) is 0.200. The number of hydrogen-bond donors (Lipinski definition) is 0. The zero-order valence-corrected chi connectivity index (χ0v) is 12.6. The Bertz CT molecular complexity index is 893. The summed E-state index contributed by atoms with van der Waals surface area (Å²) >= 11 is 5.86. The molecule has 114 valence electrons. The van der Waals surface area contributed by atoms with Crippen LogP contribution in [0.5, 0.6) is 5.75 Å². The van der Waals surface area contributed by atoms with Gasteiger partial charge < -0.3 is 9.30 Å². The summed E-state index contributed by atoms with van der Waals surface area (Å²) < 4.78 is 21.3. The SMILES string of the molecule is C#CCOc1cc(-n2c(=O)cc(C)n(C)c2=O)c(F)cc1Cl. The summed E-state index contributed by atoms with van der Waals surface area (Å²) in [4.78, 5) is 24.3. The Labute approximate surface area is 130 Å². The smallest absolute Gasteiger partial charge is 0.335 e. The number of hydrogen-bond acceptors (Lipinski definition) is 3. The number of nitrogens with zero attached hydrogens (tertiary/aromatic N) is 2. The summed E-state index contributed by atoms with van der Waals surface area (Å²) in [5.74, 6) is 1.52. The van der Waals surface area contributed by atoms with Crippen LogP contribution >= 0.6 is 11.6 Å². The molecule has 1 aromatic heterocycles. The highest BCUT2D eigenvalue weighted by molar-refractivity contribution is 6.32. The number of rotatable bonds is 3. The van der Waals surface area contributed by atoms with Gasteiger partial charge in [0.2, 0.25) is 0 Å². The van der Waals surface area contributed by atoms with Gasteiger partial charge in [-0.3, -0.25) is 4.79 Å². The van der Waals surface area contributed by atoms with E-state index in [0.29, 0.717) is 10.3 Å². The second-order valence-electron chi connectivity index (χ2n) is 4.53. The molecule has 7 heteroatoms. The van der Waals surface area contributed by atoms with Crippen molar-refractivity contribution in [2.75, 3.05) is 6.61 Å². The van der Waals surface area contributed by atoms with Crippen LogP contribution in [0.1, 0.15) is 5.69 Å². The Morgan fingerprint density at radius 2 is 2.05 bits per heavy atom. The number of aryl methyl sites for hydroxylation is 1. The molecule has 0 spiro atoms. The summed E-state index contributed by atoms with van der Waals surface area (Å²) in [6.45, 7) is 1.53. The van der Waals surface area contributed by atoms with Crippen molar-refractivity contribution in [1.29, 1.82) is 0 Å². The Morgan fingerprint density at radius 3 is 2.68 bits per heavy atom. The predicted octanol–water partition coefficient (Wildman–Crippen LogP) is 1.65. The van der Waals surface area contributed by atoms with Crippen LogP contribution in [0.15, 0.2) is 27.8 Å². The third-order valence-corrected chi connectivity index (χ3v) is 3.41. The van der Waals surface area contributed by atoms with Gasteiger partial charge in [0.05, 0.1) is 10.7 Å². The topological polar surface area (TPSA) is 53.2 Å². The molecule has 0 fully saturated rings. The number of terminal acetylenes is 1. The minimum absolute atomic E-state index is 0.00603. The molecular formula is C15H12ClFN2O3. The molecule has 0 unspecified atom stereocenters. The molecule has 0 saturated heterocycles. The standard InChI is InChI=1S/C15H12ClFN2O3/c1-4-5-22-13-8-12(11(17)7-10(13)16)19-14(20)6-9(2)18(3)15(19)21/h1,6-8H,5H2,2-3H3. The van der Waals surface area contributed by atoms with Gasteiger partial charge in [0, 0.05) is 24.9 Å². The van der Waals surface area contributed by atoms with Crippen LogP contribution in [0.2, 0.25) is 5.02 Å². The summed E-state index contributed by atoms with van der Waals surface area (Å²) in [6.07, 6.45) is 5.09. The molecule has 0 aliphatic rings. The van der Waals surface area contributed by atoms with Gasteiger partial charge in [0.15, 0.2) is 0 Å². The third kappa shape index (κ3) is 2.76. The average Bonchev–Trinajstić information content (AvgIpc) is 2.46. The highest BCUT2D eigenvalue weighted by Crippen LogP contribution is 2.28. The van der Waals surface area contributed by atoms with Crippen LogP contribution in [0.25, 0.3) is 5.69 Å². The van der Waals surface area contributed by atoms with E-state index in [0.717, 1.165) is 6.07 Å². The first-order valence-electron chi connectivity index (χ1n) is 6.22. The first-order chi connectivity index (χ1) is 10.4. The quantitative estimate of drug-likeness (QED) is 0.807. The second kappa shape index (κ2) is 6.08. The van der Waals surface area contributed by atoms with Gasteiger partial charge in [0.1, 0.15) is 18.2 Å². The van der Waals surface area contributed by atoms with E-state index in [4.69, 9.17) is 22.8 Å². The summed E-state index contributed by atoms with van der Waals surface area (Å²) in [7, 11) is 1.48. The van der Waals surface area contributed by atoms with Crippen molar-refractivity contribution in [2.45, 2.75) is 6.92 Å². The maximum Gasteiger partial charge on any atom is 0.335 e. The molecule has 0 saturated carbocycles. The molecule has 22 heavy (non-hydrogen) atoms. The first-order valence-corrected chi connectivity index (χ1v) is 6.60. The van der Waals surface area contributed by atoms with E-state index in [-0.39, 0.29) is 23.1 Å². The van der Waals surface area contributed by atoms with E-state index in [1.165, 1.54) is 23.7 Å². The van der Waals surface area contributed by atoms with Crippen LogP contribution in [0.3, 0.4) is 0 Å². The fourth-order valence-corrected chi connectivity index (χ4v) is 2.08. The molecule has 0 aliphatic heterocycles. The van der Waals surface area contributed by atoms with Crippen molar-refractivity contribution < 1.29 is 9.13 Å². The van der Waals surface area contributed by atoms with E-state index in [9.17, 15) is 14.0 Å². The van der Waals surface area contributed by atoms with Gasteiger partial charge in [-0.2, -0.15) is 0 Å². The number of halogens is 2. The zero-order valence-electron chi connectivity index (χ0n) is 11.9. The molecule has 0 N–H and O–H groups in total. The van der Waals surface area contributed by atoms with Gasteiger partial charge in [-0.25, -0.2) is 13.8 Å². The van der Waals surface area contributed by atoms with E-state index in [1.807, 2.05) is 0 Å². The minimum atomic E-state index is -0.818. The van der Waals surface area contributed by atoms with E-state index < -0.39 is 17.1 Å². The van der Waals surface area contributed by atoms with Gasteiger partial charge in [-0.1, -0.05) is 17.5 Å². The second-order valence-corrected chi connectivity index (χ2v) is 4.93. The zero-order chi connectivity index (χ0) is 16.4. The molecule has 0 bridgehead atoms. The van der Waals surface area contributed by atoms with E-state index in [2.05, 4.69) is 5.92 Å². The molecule has 0 aliphatic carbocycles. The lowest BCUT2D eigenvalue weighted by atomic mass is 10.2. The van der Waals surface area contributed by atoms with Crippen LogP contribution < -0.4 is 16.0 Å². The van der Waals surface area contributed by atoms with Crippen molar-refractivity contribution in [3.8, 4) is 23.8 Å². The van der Waals surface area contributed by atoms with Crippen LogP contribution in [0.4, 0.5) is 4.39 Å². The molecule has 5 nitrogen and oxygen atoms in total. The molecule has 0 amide bonds. The largest absolute Gasteiger partial charge is 0.479 e. The summed E-state index contributed by atoms with van der Waals surface area (Å²) in [5, 5.41) is -0.00603. The number of ether oxygens (including phenoxy) is 1. The molecule has 2 rings (SSSR count). The maximum absolute atomic E-state index is 14.1. The van der Waals surface area contributed by atoms with Crippen LogP contribution in [-0.4, -0.2) is 15.7 Å². The normalized spacial score (nSPS) is 10.3. The lowest BCUT2D eigenvalue weighted by molar-refractivity contribution is 0.369. The third-order valence-electron chi connectivity index (χ3n) is 3.11. The highest BCUT2D eigenvalue weighted by Gasteiger charge is 2.16. The molecule has 1 aromatic carbocycles. The Hall–Kier alpha value is -2.52. The number of benzene rings is 1. The lowest BCUT2D eigenvalue weighted by Crippen LogP contribution is -2.38. The summed E-state index contributed by atoms with van der Waals surface area (Å²) in [5.41, 5.74) is -1.11. The van der Waals surface area contributed by atoms with Crippen molar-refractivity contribution in [3.05, 3.63) is 55.6 Å². The van der Waals surface area contributed by atoms with Gasteiger partial charge >= 0.3 is 5.69 Å². The van der Waals surface area contributed by atoms with Crippen molar-refractivity contribution in [1.82, 2.24) is 9.13 Å². The Kier molecular flexibility index (Phi) is 4.38. The molecule has 2 aromatic rings. The van der Waals surface area contributed by atoms with E-state index in [1.54, 1.807) is 6.92 Å². The molecular weight excluding hydrogens is 311 g/mol. The van der Waals surface area contributed by atoms with Crippen LogP contribution in [-0.2, 0) is 7.05 Å². The summed E-state index contributed by atoms with van der Waals surface area (Å²) in [6, 6.07) is 3.37. The first kappa shape index (κ1) is 15.9. The maximum atomic E-state index is 14.1. The van der Waals surface area contributed by atoms with Crippen molar-refractivity contribution >= 4 is 11.6 Å². The lowest BCUT2D eigenvalue weighted by Gasteiger charge is -2.12. The Balaban J connectivity index is 2.74. The Morgan fingerprint density at radius 1 is 1.36 bits per heavy atom. The average molecular weight is 323 g/mol. The van der Waals surface area contributed by atoms with Crippen molar-refractivity contribution in [3.63, 3.8) is 0 Å². The highest BCUT2D eigenvalue weighted by atomic mass is 35.5. The molecule has 0 atom stereocenters.